The first-order chi connectivity index (χ1) is 5.66. The van der Waals surface area contributed by atoms with Gasteiger partial charge >= 0.3 is 0 Å². The zero-order valence-corrected chi connectivity index (χ0v) is 9.35. The average Bonchev–Trinajstić information content (AvgIpc) is 2.30. The van der Waals surface area contributed by atoms with Gasteiger partial charge in [0, 0.05) is 5.54 Å². The number of hydrogen-bond acceptors (Lipinski definition) is 1. The molecule has 0 bridgehead atoms. The monoisotopic (exact) mass is 248 g/mol. The van der Waals surface area contributed by atoms with E-state index in [0.29, 0.717) is 0 Å². The zero-order valence-electron chi connectivity index (χ0n) is 7.01. The maximum Gasteiger partial charge on any atom is 0.0738 e. The van der Waals surface area contributed by atoms with Gasteiger partial charge in [0.1, 0.15) is 0 Å². The van der Waals surface area contributed by atoms with Gasteiger partial charge in [-0.2, -0.15) is 5.10 Å². The largest absolute Gasteiger partial charge is 0.265 e. The quantitative estimate of drug-likeness (QED) is 0.788. The van der Waals surface area contributed by atoms with E-state index in [0.717, 1.165) is 22.4 Å². The van der Waals surface area contributed by atoms with Gasteiger partial charge in [-0.05, 0) is 29.8 Å². The highest BCUT2D eigenvalue weighted by molar-refractivity contribution is 9.10. The molecule has 4 heteroatoms. The van der Waals surface area contributed by atoms with E-state index in [1.807, 2.05) is 24.6 Å². The minimum atomic E-state index is 0.724. The zero-order chi connectivity index (χ0) is 9.14. The third kappa shape index (κ3) is 1.90. The molecule has 0 N–H and O–H groups in total. The van der Waals surface area contributed by atoms with Gasteiger partial charge in [0.05, 0.1) is 22.4 Å². The molecule has 0 radical (unpaired) electrons. The van der Waals surface area contributed by atoms with Gasteiger partial charge < -0.3 is 0 Å². The molecule has 0 aromatic carbocycles. The van der Waals surface area contributed by atoms with Gasteiger partial charge in [0.2, 0.25) is 0 Å². The highest BCUT2D eigenvalue weighted by Gasteiger charge is 2.06. The fourth-order valence-electron chi connectivity index (χ4n) is 0.993. The van der Waals surface area contributed by atoms with Crippen LogP contribution in [0.3, 0.4) is 0 Å². The van der Waals surface area contributed by atoms with E-state index in [1.54, 1.807) is 0 Å². The Hall–Kier alpha value is -0.280. The molecule has 2 nitrogen and oxygen atoms in total. The number of allylic oxidation sites excluding steroid dienone is 1. The molecular formula is C8H10BrClN2. The number of aromatic nitrogens is 2. The van der Waals surface area contributed by atoms with Crippen LogP contribution in [-0.4, -0.2) is 9.78 Å². The van der Waals surface area contributed by atoms with Crippen LogP contribution in [0.25, 0.3) is 0 Å². The van der Waals surface area contributed by atoms with Crippen molar-refractivity contribution < 1.29 is 0 Å². The second-order valence-corrected chi connectivity index (χ2v) is 3.57. The Labute approximate surface area is 85.3 Å². The molecule has 0 spiro atoms. The fraction of sp³-hybridized carbons (Fsp3) is 0.375. The highest BCUT2D eigenvalue weighted by Crippen LogP contribution is 2.19. The Morgan fingerprint density at radius 2 is 2.25 bits per heavy atom. The van der Waals surface area contributed by atoms with Crippen molar-refractivity contribution in [1.82, 2.24) is 9.78 Å². The summed E-state index contributed by atoms with van der Waals surface area (Å²) < 4.78 is 2.98. The molecular weight excluding hydrogens is 239 g/mol. The molecule has 1 heterocycles. The van der Waals surface area contributed by atoms with E-state index in [1.165, 1.54) is 5.54 Å². The number of rotatable bonds is 2. The van der Waals surface area contributed by atoms with Crippen molar-refractivity contribution in [2.24, 2.45) is 0 Å². The van der Waals surface area contributed by atoms with Gasteiger partial charge in [-0.3, -0.25) is 4.68 Å². The third-order valence-corrected chi connectivity index (χ3v) is 2.99. The Bertz CT molecular complexity index is 304. The predicted octanol–water partition coefficient (Wildman–Crippen LogP) is 3.01. The SMILES string of the molecule is Cc1nn(CC=CCl)c(C)c1Br. The summed E-state index contributed by atoms with van der Waals surface area (Å²) in [6.07, 6.45) is 1.85. The van der Waals surface area contributed by atoms with E-state index in [4.69, 9.17) is 11.6 Å². The molecule has 0 aliphatic carbocycles. The van der Waals surface area contributed by atoms with Gasteiger partial charge in [-0.15, -0.1) is 0 Å². The van der Waals surface area contributed by atoms with Crippen molar-refractivity contribution in [2.75, 3.05) is 0 Å². The molecule has 1 rings (SSSR count). The standard InChI is InChI=1S/C8H10BrClN2/c1-6-8(9)7(2)12(11-6)5-3-4-10/h3-4H,5H2,1-2H3. The third-order valence-electron chi connectivity index (χ3n) is 1.66. The molecule has 0 fully saturated rings. The summed E-state index contributed by atoms with van der Waals surface area (Å²) >= 11 is 8.87. The van der Waals surface area contributed by atoms with Gasteiger partial charge in [0.25, 0.3) is 0 Å². The second-order valence-electron chi connectivity index (χ2n) is 2.53. The lowest BCUT2D eigenvalue weighted by atomic mass is 10.4. The molecule has 0 aliphatic heterocycles. The van der Waals surface area contributed by atoms with Crippen molar-refractivity contribution in [3.05, 3.63) is 27.5 Å². The summed E-state index contributed by atoms with van der Waals surface area (Å²) in [5, 5.41) is 4.31. The average molecular weight is 250 g/mol. The molecule has 0 aliphatic rings. The lowest BCUT2D eigenvalue weighted by molar-refractivity contribution is 0.672. The first-order valence-corrected chi connectivity index (χ1v) is 4.84. The molecule has 0 unspecified atom stereocenters. The van der Waals surface area contributed by atoms with E-state index < -0.39 is 0 Å². The van der Waals surface area contributed by atoms with Crippen molar-refractivity contribution in [3.8, 4) is 0 Å². The van der Waals surface area contributed by atoms with E-state index >= 15 is 0 Å². The van der Waals surface area contributed by atoms with E-state index in [-0.39, 0.29) is 0 Å². The number of nitrogens with zero attached hydrogens (tertiary/aromatic N) is 2. The fourth-order valence-corrected chi connectivity index (χ4v) is 1.36. The Balaban J connectivity index is 2.93. The minimum absolute atomic E-state index is 0.724. The molecule has 12 heavy (non-hydrogen) atoms. The van der Waals surface area contributed by atoms with Crippen LogP contribution in [0.15, 0.2) is 16.1 Å². The summed E-state index contributed by atoms with van der Waals surface area (Å²) in [4.78, 5) is 0. The Morgan fingerprint density at radius 3 is 2.67 bits per heavy atom. The van der Waals surface area contributed by atoms with Crippen LogP contribution in [0, 0.1) is 13.8 Å². The maximum atomic E-state index is 5.42. The topological polar surface area (TPSA) is 17.8 Å². The summed E-state index contributed by atoms with van der Waals surface area (Å²) in [6, 6.07) is 0. The van der Waals surface area contributed by atoms with Gasteiger partial charge in [-0.1, -0.05) is 17.7 Å². The molecule has 0 saturated carbocycles. The molecule has 1 aromatic heterocycles. The molecule has 1 aromatic rings. The van der Waals surface area contributed by atoms with E-state index in [2.05, 4.69) is 21.0 Å². The summed E-state index contributed by atoms with van der Waals surface area (Å²) in [5.74, 6) is 0. The maximum absolute atomic E-state index is 5.42. The van der Waals surface area contributed by atoms with Crippen LogP contribution in [-0.2, 0) is 6.54 Å². The number of aryl methyl sites for hydroxylation is 1. The van der Waals surface area contributed by atoms with Crippen LogP contribution in [0.2, 0.25) is 0 Å². The smallest absolute Gasteiger partial charge is 0.0738 e. The van der Waals surface area contributed by atoms with Gasteiger partial charge in [-0.25, -0.2) is 0 Å². The van der Waals surface area contributed by atoms with Crippen LogP contribution in [0.1, 0.15) is 11.4 Å². The number of hydrogen-bond donors (Lipinski definition) is 0. The highest BCUT2D eigenvalue weighted by atomic mass is 79.9. The van der Waals surface area contributed by atoms with Gasteiger partial charge in [0.15, 0.2) is 0 Å². The Morgan fingerprint density at radius 1 is 1.58 bits per heavy atom. The van der Waals surface area contributed by atoms with Crippen molar-refractivity contribution in [1.29, 1.82) is 0 Å². The number of halogens is 2. The first-order valence-electron chi connectivity index (χ1n) is 3.61. The lowest BCUT2D eigenvalue weighted by Gasteiger charge is -1.97. The summed E-state index contributed by atoms with van der Waals surface area (Å²) in [5.41, 5.74) is 3.64. The molecule has 0 saturated heterocycles. The minimum Gasteiger partial charge on any atom is -0.265 e. The first kappa shape index (κ1) is 9.81. The van der Waals surface area contributed by atoms with Crippen LogP contribution < -0.4 is 0 Å². The molecule has 0 atom stereocenters. The van der Waals surface area contributed by atoms with Crippen LogP contribution >= 0.6 is 27.5 Å². The van der Waals surface area contributed by atoms with Crippen LogP contribution in [0.5, 0.6) is 0 Å². The molecule has 0 amide bonds. The normalized spacial score (nSPS) is 11.3. The van der Waals surface area contributed by atoms with Crippen LogP contribution in [0.4, 0.5) is 0 Å². The van der Waals surface area contributed by atoms with Crippen molar-refractivity contribution >= 4 is 27.5 Å². The lowest BCUT2D eigenvalue weighted by Crippen LogP contribution is -1.99. The summed E-state index contributed by atoms with van der Waals surface area (Å²) in [7, 11) is 0. The van der Waals surface area contributed by atoms with Crippen molar-refractivity contribution in [3.63, 3.8) is 0 Å². The Kier molecular flexibility index (Phi) is 3.35. The molecule has 66 valence electrons. The summed E-state index contributed by atoms with van der Waals surface area (Å²) in [6.45, 7) is 4.71. The predicted molar refractivity (Wildman–Crippen MR) is 54.4 cm³/mol. The van der Waals surface area contributed by atoms with E-state index in [9.17, 15) is 0 Å². The van der Waals surface area contributed by atoms with Crippen molar-refractivity contribution in [2.45, 2.75) is 20.4 Å². The second kappa shape index (κ2) is 4.10.